The summed E-state index contributed by atoms with van der Waals surface area (Å²) in [6, 6.07) is 8.05. The summed E-state index contributed by atoms with van der Waals surface area (Å²) < 4.78 is 5.33. The Hall–Kier alpha value is -2.73. The Morgan fingerprint density at radius 2 is 2.08 bits per heavy atom. The summed E-state index contributed by atoms with van der Waals surface area (Å²) in [6.07, 6.45) is 3.59. The number of anilines is 1. The molecule has 3 rings (SSSR count). The van der Waals surface area contributed by atoms with E-state index in [-0.39, 0.29) is 6.04 Å². The van der Waals surface area contributed by atoms with Gasteiger partial charge >= 0.3 is 0 Å². The lowest BCUT2D eigenvalue weighted by molar-refractivity contribution is 0.415. The fourth-order valence-electron chi connectivity index (χ4n) is 2.65. The van der Waals surface area contributed by atoms with E-state index in [0.29, 0.717) is 18.2 Å². The van der Waals surface area contributed by atoms with Gasteiger partial charge in [-0.25, -0.2) is 9.97 Å². The van der Waals surface area contributed by atoms with Crippen molar-refractivity contribution >= 4 is 16.6 Å². The van der Waals surface area contributed by atoms with Crippen molar-refractivity contribution in [3.05, 3.63) is 53.7 Å². The van der Waals surface area contributed by atoms with Crippen molar-refractivity contribution in [3.63, 3.8) is 0 Å². The fourth-order valence-corrected chi connectivity index (χ4v) is 2.65. The van der Waals surface area contributed by atoms with Gasteiger partial charge in [0.05, 0.1) is 12.8 Å². The van der Waals surface area contributed by atoms with E-state index in [4.69, 9.17) is 10.5 Å². The Bertz CT molecular complexity index is 865. The van der Waals surface area contributed by atoms with E-state index in [1.807, 2.05) is 37.4 Å². The number of aromatic nitrogens is 3. The Kier molecular flexibility index (Phi) is 4.57. The van der Waals surface area contributed by atoms with Crippen molar-refractivity contribution in [3.8, 4) is 5.75 Å². The number of nitrogens with two attached hydrogens (primary N) is 1. The lowest BCUT2D eigenvalue weighted by Crippen LogP contribution is -2.20. The normalized spacial score (nSPS) is 12.3. The number of hydrogen-bond acceptors (Lipinski definition) is 6. The first-order chi connectivity index (χ1) is 11.6. The second kappa shape index (κ2) is 6.80. The number of aryl methyl sites for hydroxylation is 1. The van der Waals surface area contributed by atoms with Crippen LogP contribution in [-0.2, 0) is 6.54 Å². The van der Waals surface area contributed by atoms with Crippen LogP contribution in [0.1, 0.15) is 30.0 Å². The van der Waals surface area contributed by atoms with Crippen LogP contribution in [0, 0.1) is 6.92 Å². The first-order valence-corrected chi connectivity index (χ1v) is 7.82. The summed E-state index contributed by atoms with van der Waals surface area (Å²) in [5, 5.41) is 5.65. The third kappa shape index (κ3) is 3.28. The molecule has 0 aliphatic carbocycles. The van der Waals surface area contributed by atoms with E-state index >= 15 is 0 Å². The molecule has 6 nitrogen and oxygen atoms in total. The van der Waals surface area contributed by atoms with Crippen LogP contribution in [0.2, 0.25) is 0 Å². The van der Waals surface area contributed by atoms with E-state index in [1.165, 1.54) is 0 Å². The van der Waals surface area contributed by atoms with E-state index in [0.717, 1.165) is 27.8 Å². The summed E-state index contributed by atoms with van der Waals surface area (Å²) in [5.74, 6) is 2.00. The average molecular weight is 323 g/mol. The zero-order chi connectivity index (χ0) is 17.1. The van der Waals surface area contributed by atoms with Crippen LogP contribution in [0.25, 0.3) is 10.8 Å². The molecule has 3 aromatic rings. The molecule has 124 valence electrons. The number of hydrogen-bond donors (Lipinski definition) is 2. The first kappa shape index (κ1) is 16.1. The molecule has 3 N–H and O–H groups in total. The summed E-state index contributed by atoms with van der Waals surface area (Å²) in [7, 11) is 1.67. The van der Waals surface area contributed by atoms with Crippen LogP contribution in [0.3, 0.4) is 0 Å². The molecule has 0 amide bonds. The maximum absolute atomic E-state index is 5.95. The predicted molar refractivity (Wildman–Crippen MR) is 94.7 cm³/mol. The molecular weight excluding hydrogens is 302 g/mol. The van der Waals surface area contributed by atoms with Gasteiger partial charge in [-0.2, -0.15) is 0 Å². The topological polar surface area (TPSA) is 86.0 Å². The highest BCUT2D eigenvalue weighted by molar-refractivity contribution is 5.86. The highest BCUT2D eigenvalue weighted by Gasteiger charge is 2.12. The van der Waals surface area contributed by atoms with Gasteiger partial charge in [-0.3, -0.25) is 4.98 Å². The Morgan fingerprint density at radius 1 is 1.25 bits per heavy atom. The molecule has 0 aliphatic rings. The standard InChI is InChI=1S/C18H21N5O/c1-11(21-9-14-10-22-12(2)23-18(14)19)17-16-8-15(24-3)5-4-13(16)6-7-20-17/h4-8,10-11,21H,9H2,1-3H3,(H2,19,22,23). The van der Waals surface area contributed by atoms with Crippen molar-refractivity contribution in [2.75, 3.05) is 12.8 Å². The zero-order valence-corrected chi connectivity index (χ0v) is 14.1. The van der Waals surface area contributed by atoms with E-state index in [2.05, 4.69) is 27.2 Å². The number of benzene rings is 1. The zero-order valence-electron chi connectivity index (χ0n) is 14.1. The summed E-state index contributed by atoms with van der Waals surface area (Å²) in [4.78, 5) is 12.9. The predicted octanol–water partition coefficient (Wildman–Crippen LogP) is 2.77. The largest absolute Gasteiger partial charge is 0.497 e. The summed E-state index contributed by atoms with van der Waals surface area (Å²) in [6.45, 7) is 4.48. The molecule has 0 bridgehead atoms. The molecule has 1 atom stereocenters. The van der Waals surface area contributed by atoms with Crippen LogP contribution in [0.4, 0.5) is 5.82 Å². The van der Waals surface area contributed by atoms with E-state index in [9.17, 15) is 0 Å². The van der Waals surface area contributed by atoms with Gasteiger partial charge in [-0.05, 0) is 37.4 Å². The van der Waals surface area contributed by atoms with Gasteiger partial charge in [0.25, 0.3) is 0 Å². The van der Waals surface area contributed by atoms with Crippen LogP contribution in [0.5, 0.6) is 5.75 Å². The highest BCUT2D eigenvalue weighted by atomic mass is 16.5. The number of nitrogens with zero attached hydrogens (tertiary/aromatic N) is 3. The molecule has 2 aromatic heterocycles. The van der Waals surface area contributed by atoms with Gasteiger partial charge < -0.3 is 15.8 Å². The van der Waals surface area contributed by atoms with Crippen molar-refractivity contribution in [2.24, 2.45) is 0 Å². The smallest absolute Gasteiger partial charge is 0.131 e. The van der Waals surface area contributed by atoms with Crippen LogP contribution in [0.15, 0.2) is 36.7 Å². The number of methoxy groups -OCH3 is 1. The fraction of sp³-hybridized carbons (Fsp3) is 0.278. The maximum Gasteiger partial charge on any atom is 0.131 e. The summed E-state index contributed by atoms with van der Waals surface area (Å²) >= 11 is 0. The first-order valence-electron chi connectivity index (χ1n) is 7.82. The number of fused-ring (bicyclic) bond motifs is 1. The van der Waals surface area contributed by atoms with Gasteiger partial charge in [0.15, 0.2) is 0 Å². The summed E-state index contributed by atoms with van der Waals surface area (Å²) in [5.41, 5.74) is 7.80. The second-order valence-electron chi connectivity index (χ2n) is 5.71. The average Bonchev–Trinajstić information content (AvgIpc) is 2.59. The van der Waals surface area contributed by atoms with E-state index < -0.39 is 0 Å². The molecule has 6 heteroatoms. The third-order valence-corrected chi connectivity index (χ3v) is 4.03. The molecular formula is C18H21N5O. The molecule has 0 aliphatic heterocycles. The van der Waals surface area contributed by atoms with Gasteiger partial charge in [0.1, 0.15) is 17.4 Å². The molecule has 24 heavy (non-hydrogen) atoms. The molecule has 0 spiro atoms. The number of nitrogens with one attached hydrogen (secondary N) is 1. The number of rotatable bonds is 5. The number of pyridine rings is 1. The minimum atomic E-state index is 0.0431. The van der Waals surface area contributed by atoms with Gasteiger partial charge in [0.2, 0.25) is 0 Å². The van der Waals surface area contributed by atoms with Crippen molar-refractivity contribution in [1.29, 1.82) is 0 Å². The molecule has 0 radical (unpaired) electrons. The lowest BCUT2D eigenvalue weighted by atomic mass is 10.1. The van der Waals surface area contributed by atoms with Crippen molar-refractivity contribution in [1.82, 2.24) is 20.3 Å². The molecule has 1 unspecified atom stereocenters. The molecule has 0 saturated carbocycles. The van der Waals surface area contributed by atoms with Crippen LogP contribution in [-0.4, -0.2) is 22.1 Å². The van der Waals surface area contributed by atoms with Crippen molar-refractivity contribution < 1.29 is 4.74 Å². The van der Waals surface area contributed by atoms with Crippen LogP contribution >= 0.6 is 0 Å². The van der Waals surface area contributed by atoms with Gasteiger partial charge in [-0.15, -0.1) is 0 Å². The molecule has 0 saturated heterocycles. The quantitative estimate of drug-likeness (QED) is 0.751. The molecule has 0 fully saturated rings. The monoisotopic (exact) mass is 323 g/mol. The van der Waals surface area contributed by atoms with Crippen LogP contribution < -0.4 is 15.8 Å². The van der Waals surface area contributed by atoms with Gasteiger partial charge in [0, 0.05) is 35.9 Å². The molecule has 2 heterocycles. The minimum Gasteiger partial charge on any atom is -0.497 e. The Balaban J connectivity index is 1.84. The SMILES string of the molecule is COc1ccc2ccnc(C(C)NCc3cnc(C)nc3N)c2c1. The lowest BCUT2D eigenvalue weighted by Gasteiger charge is -2.16. The minimum absolute atomic E-state index is 0.0431. The Labute approximate surface area is 141 Å². The number of ether oxygens (including phenoxy) is 1. The van der Waals surface area contributed by atoms with E-state index in [1.54, 1.807) is 13.3 Å². The third-order valence-electron chi connectivity index (χ3n) is 4.03. The second-order valence-corrected chi connectivity index (χ2v) is 5.71. The highest BCUT2D eigenvalue weighted by Crippen LogP contribution is 2.26. The maximum atomic E-state index is 5.95. The Morgan fingerprint density at radius 3 is 2.83 bits per heavy atom. The molecule has 1 aromatic carbocycles. The number of nitrogen functional groups attached to an aromatic ring is 1. The van der Waals surface area contributed by atoms with Gasteiger partial charge in [-0.1, -0.05) is 6.07 Å². The van der Waals surface area contributed by atoms with Crippen molar-refractivity contribution in [2.45, 2.75) is 26.4 Å².